The molecule has 1 heterocycles. The number of nitrogens with one attached hydrogen (secondary N) is 1. The van der Waals surface area contributed by atoms with Gasteiger partial charge in [-0.25, -0.2) is 12.7 Å². The van der Waals surface area contributed by atoms with Crippen molar-refractivity contribution in [1.82, 2.24) is 9.62 Å². The van der Waals surface area contributed by atoms with E-state index in [4.69, 9.17) is 0 Å². The van der Waals surface area contributed by atoms with E-state index in [0.717, 1.165) is 22.6 Å². The van der Waals surface area contributed by atoms with Crippen LogP contribution in [0.15, 0.2) is 11.0 Å². The molecule has 0 bridgehead atoms. The van der Waals surface area contributed by atoms with Gasteiger partial charge in [0, 0.05) is 29.9 Å². The maximum Gasteiger partial charge on any atom is 0.243 e. The van der Waals surface area contributed by atoms with E-state index in [-0.39, 0.29) is 0 Å². The van der Waals surface area contributed by atoms with E-state index in [1.165, 1.54) is 19.3 Å². The van der Waals surface area contributed by atoms with Crippen molar-refractivity contribution in [2.75, 3.05) is 20.6 Å². The molecule has 0 atom stereocenters. The minimum Gasteiger partial charge on any atom is -0.315 e. The van der Waals surface area contributed by atoms with E-state index >= 15 is 0 Å². The van der Waals surface area contributed by atoms with Crippen LogP contribution in [0.3, 0.4) is 0 Å². The van der Waals surface area contributed by atoms with Crippen molar-refractivity contribution >= 4 is 21.4 Å². The molecule has 21 heavy (non-hydrogen) atoms. The highest BCUT2D eigenvalue weighted by molar-refractivity contribution is 7.89. The first-order valence-electron chi connectivity index (χ1n) is 7.65. The molecule has 4 nitrogen and oxygen atoms in total. The Hall–Kier alpha value is -0.430. The van der Waals surface area contributed by atoms with Crippen molar-refractivity contribution in [1.29, 1.82) is 0 Å². The SMILES string of the molecule is CNCc1cc(S(=O)(=O)N(C)CC2CCCCC2)c(C)s1. The van der Waals surface area contributed by atoms with Crippen LogP contribution in [0.25, 0.3) is 0 Å². The lowest BCUT2D eigenvalue weighted by atomic mass is 9.89. The highest BCUT2D eigenvalue weighted by Crippen LogP contribution is 2.30. The molecule has 0 aromatic carbocycles. The summed E-state index contributed by atoms with van der Waals surface area (Å²) in [6.07, 6.45) is 6.09. The zero-order valence-corrected chi connectivity index (χ0v) is 14.8. The quantitative estimate of drug-likeness (QED) is 0.872. The monoisotopic (exact) mass is 330 g/mol. The first-order chi connectivity index (χ1) is 9.95. The van der Waals surface area contributed by atoms with Crippen LogP contribution in [0.2, 0.25) is 0 Å². The maximum absolute atomic E-state index is 12.8. The summed E-state index contributed by atoms with van der Waals surface area (Å²) in [5, 5.41) is 3.07. The molecule has 1 fully saturated rings. The lowest BCUT2D eigenvalue weighted by Crippen LogP contribution is -2.32. The lowest BCUT2D eigenvalue weighted by molar-refractivity contribution is 0.300. The third kappa shape index (κ3) is 4.06. The first kappa shape index (κ1) is 16.9. The van der Waals surface area contributed by atoms with Crippen LogP contribution in [-0.4, -0.2) is 33.4 Å². The topological polar surface area (TPSA) is 49.4 Å². The fourth-order valence-corrected chi connectivity index (χ4v) is 5.90. The van der Waals surface area contributed by atoms with E-state index in [1.807, 2.05) is 20.0 Å². The summed E-state index contributed by atoms with van der Waals surface area (Å²) in [6, 6.07) is 1.82. The smallest absolute Gasteiger partial charge is 0.243 e. The van der Waals surface area contributed by atoms with E-state index in [1.54, 1.807) is 22.7 Å². The van der Waals surface area contributed by atoms with Gasteiger partial charge in [-0.2, -0.15) is 0 Å². The molecule has 1 aromatic rings. The molecule has 0 radical (unpaired) electrons. The lowest BCUT2D eigenvalue weighted by Gasteiger charge is -2.26. The van der Waals surface area contributed by atoms with Gasteiger partial charge in [0.25, 0.3) is 0 Å². The zero-order chi connectivity index (χ0) is 15.5. The fraction of sp³-hybridized carbons (Fsp3) is 0.733. The van der Waals surface area contributed by atoms with Crippen molar-refractivity contribution in [3.63, 3.8) is 0 Å². The van der Waals surface area contributed by atoms with Crippen LogP contribution in [0.4, 0.5) is 0 Å². The van der Waals surface area contributed by atoms with Gasteiger partial charge in [0.15, 0.2) is 0 Å². The molecule has 120 valence electrons. The zero-order valence-electron chi connectivity index (χ0n) is 13.2. The van der Waals surface area contributed by atoms with Crippen LogP contribution >= 0.6 is 11.3 Å². The van der Waals surface area contributed by atoms with Crippen LogP contribution in [0.1, 0.15) is 41.9 Å². The van der Waals surface area contributed by atoms with Crippen molar-refractivity contribution in [2.24, 2.45) is 5.92 Å². The third-order valence-corrected chi connectivity index (χ3v) is 7.33. The molecule has 0 amide bonds. The summed E-state index contributed by atoms with van der Waals surface area (Å²) in [5.41, 5.74) is 0. The molecule has 1 saturated carbocycles. The van der Waals surface area contributed by atoms with Gasteiger partial charge >= 0.3 is 0 Å². The minimum absolute atomic E-state index is 0.482. The highest BCUT2D eigenvalue weighted by atomic mass is 32.2. The van der Waals surface area contributed by atoms with Crippen LogP contribution in [0, 0.1) is 12.8 Å². The van der Waals surface area contributed by atoms with Gasteiger partial charge in [0.2, 0.25) is 10.0 Å². The maximum atomic E-state index is 12.8. The summed E-state index contributed by atoms with van der Waals surface area (Å²) in [6.45, 7) is 3.26. The van der Waals surface area contributed by atoms with E-state index in [2.05, 4.69) is 5.32 Å². The van der Waals surface area contributed by atoms with Crippen molar-refractivity contribution in [2.45, 2.75) is 50.5 Å². The van der Waals surface area contributed by atoms with Crippen molar-refractivity contribution < 1.29 is 8.42 Å². The van der Waals surface area contributed by atoms with Gasteiger partial charge < -0.3 is 5.32 Å². The van der Waals surface area contributed by atoms with Gasteiger partial charge in [-0.15, -0.1) is 11.3 Å². The number of nitrogens with zero attached hydrogens (tertiary/aromatic N) is 1. The summed E-state index contributed by atoms with van der Waals surface area (Å²) < 4.78 is 27.1. The Morgan fingerprint density at radius 3 is 2.62 bits per heavy atom. The molecule has 0 saturated heterocycles. The summed E-state index contributed by atoms with van der Waals surface area (Å²) in [4.78, 5) is 2.44. The Bertz CT molecular complexity index is 560. The number of hydrogen-bond donors (Lipinski definition) is 1. The second kappa shape index (κ2) is 7.22. The predicted molar refractivity (Wildman–Crippen MR) is 88.2 cm³/mol. The molecule has 0 spiro atoms. The summed E-state index contributed by atoms with van der Waals surface area (Å²) >= 11 is 1.56. The van der Waals surface area contributed by atoms with Gasteiger partial charge in [-0.1, -0.05) is 19.3 Å². The Kier molecular flexibility index (Phi) is 5.82. The number of thiophene rings is 1. The average molecular weight is 331 g/mol. The largest absolute Gasteiger partial charge is 0.315 e. The van der Waals surface area contributed by atoms with Crippen LogP contribution in [-0.2, 0) is 16.6 Å². The molecule has 2 rings (SSSR count). The molecular weight excluding hydrogens is 304 g/mol. The molecule has 1 aliphatic rings. The molecule has 1 aliphatic carbocycles. The highest BCUT2D eigenvalue weighted by Gasteiger charge is 2.27. The molecular formula is C15H26N2O2S2. The average Bonchev–Trinajstić information content (AvgIpc) is 2.82. The van der Waals surface area contributed by atoms with Crippen molar-refractivity contribution in [3.05, 3.63) is 15.8 Å². The first-order valence-corrected chi connectivity index (χ1v) is 9.91. The standard InChI is InChI=1S/C15H26N2O2S2/c1-12-15(9-14(20-12)10-16-2)21(18,19)17(3)11-13-7-5-4-6-8-13/h9,13,16H,4-8,10-11H2,1-3H3. The number of sulfonamides is 1. The Balaban J connectivity index is 2.12. The molecule has 1 aromatic heterocycles. The van der Waals surface area contributed by atoms with E-state index in [0.29, 0.717) is 23.9 Å². The Morgan fingerprint density at radius 2 is 2.00 bits per heavy atom. The van der Waals surface area contributed by atoms with Gasteiger partial charge in [-0.05, 0) is 38.8 Å². The normalized spacial score (nSPS) is 17.5. The summed E-state index contributed by atoms with van der Waals surface area (Å²) in [7, 11) is 0.244. The minimum atomic E-state index is -3.35. The summed E-state index contributed by atoms with van der Waals surface area (Å²) in [5.74, 6) is 0.522. The van der Waals surface area contributed by atoms with E-state index in [9.17, 15) is 8.42 Å². The van der Waals surface area contributed by atoms with Crippen molar-refractivity contribution in [3.8, 4) is 0 Å². The van der Waals surface area contributed by atoms with Gasteiger partial charge in [-0.3, -0.25) is 0 Å². The molecule has 0 unspecified atom stereocenters. The van der Waals surface area contributed by atoms with Crippen LogP contribution in [0.5, 0.6) is 0 Å². The molecule has 0 aliphatic heterocycles. The second-order valence-electron chi connectivity index (χ2n) is 5.95. The Labute approximate surface area is 132 Å². The number of aryl methyl sites for hydroxylation is 1. The molecule has 1 N–H and O–H groups in total. The van der Waals surface area contributed by atoms with Gasteiger partial charge in [0.1, 0.15) is 0 Å². The predicted octanol–water partition coefficient (Wildman–Crippen LogP) is 2.98. The third-order valence-electron chi connectivity index (χ3n) is 4.20. The number of rotatable bonds is 6. The Morgan fingerprint density at radius 1 is 1.33 bits per heavy atom. The van der Waals surface area contributed by atoms with E-state index < -0.39 is 10.0 Å². The van der Waals surface area contributed by atoms with Gasteiger partial charge in [0.05, 0.1) is 4.90 Å². The molecule has 6 heteroatoms. The fourth-order valence-electron chi connectivity index (χ4n) is 3.04. The van der Waals surface area contributed by atoms with Crippen LogP contribution < -0.4 is 5.32 Å². The second-order valence-corrected chi connectivity index (χ2v) is 9.31. The number of hydrogen-bond acceptors (Lipinski definition) is 4.